The molecule has 1 N–H and O–H groups in total. The number of allylic oxidation sites excluding steroid dienone is 2. The Balaban J connectivity index is 2.01. The second-order valence-electron chi connectivity index (χ2n) is 10.3. The van der Waals surface area contributed by atoms with Crippen molar-refractivity contribution in [2.75, 3.05) is 40.4 Å². The third kappa shape index (κ3) is 4.99. The molecule has 0 radical (unpaired) electrons. The third-order valence-corrected chi connectivity index (χ3v) is 6.90. The zero-order valence-corrected chi connectivity index (χ0v) is 22.2. The lowest BCUT2D eigenvalue weighted by molar-refractivity contribution is -0.139. The highest BCUT2D eigenvalue weighted by Crippen LogP contribution is 2.53. The molecule has 2 aliphatic heterocycles. The van der Waals surface area contributed by atoms with Gasteiger partial charge in [-0.25, -0.2) is 4.79 Å². The molecule has 0 amide bonds. The molecular formula is C29H39NO6. The van der Waals surface area contributed by atoms with Crippen LogP contribution >= 0.6 is 0 Å². The number of carbonyl (C=O) groups excluding carboxylic acids is 1. The van der Waals surface area contributed by atoms with Crippen molar-refractivity contribution in [3.63, 3.8) is 0 Å². The summed E-state index contributed by atoms with van der Waals surface area (Å²) in [7, 11) is 3.09. The van der Waals surface area contributed by atoms with E-state index >= 15 is 0 Å². The van der Waals surface area contributed by atoms with Crippen LogP contribution < -0.4 is 9.47 Å². The predicted octanol–water partition coefficient (Wildman–Crippen LogP) is 5.64. The van der Waals surface area contributed by atoms with Gasteiger partial charge in [-0.15, -0.1) is 0 Å². The summed E-state index contributed by atoms with van der Waals surface area (Å²) in [5.41, 5.74) is 1.48. The van der Waals surface area contributed by atoms with Gasteiger partial charge in [0.15, 0.2) is 6.10 Å². The number of rotatable bonds is 7. The van der Waals surface area contributed by atoms with Crippen molar-refractivity contribution in [1.82, 2.24) is 4.90 Å². The van der Waals surface area contributed by atoms with E-state index in [1.165, 1.54) is 7.11 Å². The number of carbonyl (C=O) groups is 1. The first-order valence-corrected chi connectivity index (χ1v) is 12.7. The zero-order chi connectivity index (χ0) is 27.8. The first kappa shape index (κ1) is 23.5. The molecular weight excluding hydrogens is 458 g/mol. The zero-order valence-electron chi connectivity index (χ0n) is 24.2. The summed E-state index contributed by atoms with van der Waals surface area (Å²) in [5, 5.41) is 11.5. The van der Waals surface area contributed by atoms with Crippen molar-refractivity contribution in [1.29, 1.82) is 0 Å². The Morgan fingerprint density at radius 3 is 2.53 bits per heavy atom. The number of aliphatic hydroxyl groups excluding tert-OH is 1. The predicted molar refractivity (Wildman–Crippen MR) is 138 cm³/mol. The van der Waals surface area contributed by atoms with Gasteiger partial charge in [0.05, 0.1) is 26.4 Å². The molecule has 1 unspecified atom stereocenters. The highest BCUT2D eigenvalue weighted by atomic mass is 16.5. The van der Waals surface area contributed by atoms with Gasteiger partial charge >= 0.3 is 5.97 Å². The first-order chi connectivity index (χ1) is 17.9. The molecule has 1 fully saturated rings. The number of nitrogens with zero attached hydrogens (tertiary/aromatic N) is 1. The topological polar surface area (TPSA) is 77.5 Å². The molecule has 0 saturated carbocycles. The van der Waals surface area contributed by atoms with Crippen LogP contribution in [-0.4, -0.2) is 56.4 Å². The summed E-state index contributed by atoms with van der Waals surface area (Å²) in [5.74, 6) is 0.770. The quantitative estimate of drug-likeness (QED) is 0.487. The molecule has 1 aliphatic carbocycles. The average molecular weight is 500 g/mol. The van der Waals surface area contributed by atoms with Gasteiger partial charge in [-0.1, -0.05) is 27.2 Å². The fourth-order valence-electron chi connectivity index (χ4n) is 5.00. The van der Waals surface area contributed by atoms with Crippen LogP contribution in [0.15, 0.2) is 52.0 Å². The van der Waals surface area contributed by atoms with E-state index in [4.69, 9.17) is 18.9 Å². The highest BCUT2D eigenvalue weighted by Gasteiger charge is 2.46. The number of piperidine rings is 1. The van der Waals surface area contributed by atoms with E-state index in [0.29, 0.717) is 35.9 Å². The molecule has 0 spiro atoms. The van der Waals surface area contributed by atoms with Gasteiger partial charge in [0, 0.05) is 38.4 Å². The Hall–Kier alpha value is -2.93. The van der Waals surface area contributed by atoms with E-state index in [1.807, 2.05) is 20.8 Å². The minimum atomic E-state index is -2.02. The summed E-state index contributed by atoms with van der Waals surface area (Å²) < 4.78 is 41.6. The lowest BCUT2D eigenvalue weighted by Gasteiger charge is -2.33. The highest BCUT2D eigenvalue weighted by molar-refractivity contribution is 5.94. The van der Waals surface area contributed by atoms with Crippen LogP contribution in [0, 0.1) is 5.41 Å². The Bertz CT molecular complexity index is 1190. The van der Waals surface area contributed by atoms with Crippen LogP contribution in [0.5, 0.6) is 11.5 Å². The van der Waals surface area contributed by atoms with Crippen LogP contribution in [0.1, 0.15) is 67.8 Å². The van der Waals surface area contributed by atoms with E-state index in [1.54, 1.807) is 37.1 Å². The molecule has 1 saturated heterocycles. The number of fused-ring (bicyclic) bond motifs is 1. The van der Waals surface area contributed by atoms with Crippen molar-refractivity contribution >= 4 is 5.97 Å². The Kier molecular flexibility index (Phi) is 6.90. The smallest absolute Gasteiger partial charge is 0.338 e. The van der Waals surface area contributed by atoms with Crippen LogP contribution in [0.3, 0.4) is 0 Å². The van der Waals surface area contributed by atoms with E-state index < -0.39 is 24.0 Å². The van der Waals surface area contributed by atoms with Gasteiger partial charge in [0.1, 0.15) is 23.0 Å². The van der Waals surface area contributed by atoms with E-state index in [2.05, 4.69) is 0 Å². The summed E-state index contributed by atoms with van der Waals surface area (Å²) in [4.78, 5) is 15.4. The molecule has 2 heterocycles. The Labute approximate surface area is 217 Å². The number of esters is 1. The Morgan fingerprint density at radius 1 is 1.19 bits per heavy atom. The van der Waals surface area contributed by atoms with Gasteiger partial charge in [0.25, 0.3) is 0 Å². The number of benzene rings is 1. The second kappa shape index (κ2) is 10.6. The lowest BCUT2D eigenvalue weighted by atomic mass is 9.77. The number of likely N-dealkylation sites (tertiary alicyclic amines) is 1. The van der Waals surface area contributed by atoms with E-state index in [-0.39, 0.29) is 35.5 Å². The lowest BCUT2D eigenvalue weighted by Crippen LogP contribution is -2.33. The van der Waals surface area contributed by atoms with Gasteiger partial charge in [-0.05, 0) is 56.0 Å². The molecule has 4 rings (SSSR count). The van der Waals surface area contributed by atoms with Crippen molar-refractivity contribution in [3.8, 4) is 11.5 Å². The monoisotopic (exact) mass is 499 g/mol. The standard InChI is InChI=1S/C29H39NO6/c1-7-35-28(32)25-24-20(17-30-13-9-8-10-14-30)22(31)16-21(29(2,3)4)27(24)36-26(25)19-12-11-18(33-5)15-23(19)34-6/h11-12,15,26,31H,7-10,13-14,16-17H2,1-6H3/i17D2. The van der Waals surface area contributed by atoms with Crippen molar-refractivity contribution < 1.29 is 31.6 Å². The van der Waals surface area contributed by atoms with Crippen molar-refractivity contribution in [2.24, 2.45) is 5.41 Å². The molecule has 7 heteroatoms. The molecule has 1 atom stereocenters. The van der Waals surface area contributed by atoms with Crippen molar-refractivity contribution in [3.05, 3.63) is 57.6 Å². The second-order valence-corrected chi connectivity index (χ2v) is 10.3. The summed E-state index contributed by atoms with van der Waals surface area (Å²) >= 11 is 0. The molecule has 1 aromatic rings. The number of ether oxygens (including phenoxy) is 4. The largest absolute Gasteiger partial charge is 0.512 e. The van der Waals surface area contributed by atoms with E-state index in [0.717, 1.165) is 24.8 Å². The molecule has 7 nitrogen and oxygen atoms in total. The number of hydrogen-bond donors (Lipinski definition) is 1. The van der Waals surface area contributed by atoms with Crippen LogP contribution in [0.4, 0.5) is 0 Å². The fourth-order valence-corrected chi connectivity index (χ4v) is 5.00. The van der Waals surface area contributed by atoms with Crippen LogP contribution in [0.2, 0.25) is 0 Å². The molecule has 3 aliphatic rings. The minimum Gasteiger partial charge on any atom is -0.512 e. The molecule has 0 aromatic heterocycles. The van der Waals surface area contributed by atoms with Gasteiger partial charge in [0.2, 0.25) is 0 Å². The van der Waals surface area contributed by atoms with E-state index in [9.17, 15) is 12.6 Å². The first-order valence-electron chi connectivity index (χ1n) is 13.7. The van der Waals surface area contributed by atoms with Gasteiger partial charge < -0.3 is 24.1 Å². The molecule has 36 heavy (non-hydrogen) atoms. The third-order valence-electron chi connectivity index (χ3n) is 6.90. The minimum absolute atomic E-state index is 0.0837. The summed E-state index contributed by atoms with van der Waals surface area (Å²) in [6, 6.07) is 5.25. The number of hydrogen-bond acceptors (Lipinski definition) is 7. The van der Waals surface area contributed by atoms with Gasteiger partial charge in [-0.2, -0.15) is 0 Å². The normalized spacial score (nSPS) is 22.1. The number of aliphatic hydroxyl groups is 1. The maximum Gasteiger partial charge on any atom is 0.338 e. The van der Waals surface area contributed by atoms with Crippen LogP contribution in [0.25, 0.3) is 0 Å². The maximum absolute atomic E-state index is 13.6. The Morgan fingerprint density at radius 2 is 1.92 bits per heavy atom. The molecule has 1 aromatic carbocycles. The molecule has 196 valence electrons. The fraction of sp³-hybridized carbons (Fsp3) is 0.552. The summed E-state index contributed by atoms with van der Waals surface area (Å²) in [6.45, 7) is 7.01. The van der Waals surface area contributed by atoms with Crippen molar-refractivity contribution in [2.45, 2.75) is 59.5 Å². The maximum atomic E-state index is 13.6. The molecule has 0 bridgehead atoms. The summed E-state index contributed by atoms with van der Waals surface area (Å²) in [6.07, 6.45) is 1.99. The number of methoxy groups -OCH3 is 2. The average Bonchev–Trinajstić information content (AvgIpc) is 3.27. The SMILES string of the molecule is [2H]C([2H])(C1=C(O)CC(C(C)(C)C)=C2OC(c3ccc(OC)cc3OC)C(C(=O)OCC)=C21)N1CCCCC1. The van der Waals surface area contributed by atoms with Crippen LogP contribution in [-0.2, 0) is 14.3 Å². The van der Waals surface area contributed by atoms with Gasteiger partial charge in [-0.3, -0.25) is 4.90 Å².